The summed E-state index contributed by atoms with van der Waals surface area (Å²) < 4.78 is 63.3. The zero-order valence-corrected chi connectivity index (χ0v) is 20.5. The Labute approximate surface area is 209 Å². The fraction of sp³-hybridized carbons (Fsp3) is 0.348. The Balaban J connectivity index is 1.61. The van der Waals surface area contributed by atoms with Crippen LogP contribution in [0.3, 0.4) is 0 Å². The number of hydrogen-bond donors (Lipinski definition) is 2. The Morgan fingerprint density at radius 1 is 1.29 bits per heavy atom. The van der Waals surface area contributed by atoms with Crippen molar-refractivity contribution in [1.29, 1.82) is 0 Å². The maximum atomic E-state index is 14.5. The second-order valence-electron chi connectivity index (χ2n) is 8.37. The Bertz CT molecular complexity index is 1220. The number of aryl methyl sites for hydroxylation is 1. The van der Waals surface area contributed by atoms with Crippen LogP contribution in [0.1, 0.15) is 34.2 Å². The molecule has 12 heteroatoms. The minimum Gasteiger partial charge on any atom is -0.495 e. The lowest BCUT2D eigenvalue weighted by Gasteiger charge is -2.29. The van der Waals surface area contributed by atoms with Crippen LogP contribution in [0.15, 0.2) is 42.7 Å². The molecule has 1 aromatic heterocycles. The molecule has 1 aliphatic rings. The van der Waals surface area contributed by atoms with Crippen molar-refractivity contribution in [2.45, 2.75) is 31.0 Å². The first kappa shape index (κ1) is 25.3. The van der Waals surface area contributed by atoms with Crippen LogP contribution in [0.2, 0.25) is 0 Å². The maximum absolute atomic E-state index is 14.5. The summed E-state index contributed by atoms with van der Waals surface area (Å²) in [6.07, 6.45) is -2.53. The average Bonchev–Trinajstić information content (AvgIpc) is 3.51. The van der Waals surface area contributed by atoms with Crippen molar-refractivity contribution in [3.8, 4) is 5.75 Å². The van der Waals surface area contributed by atoms with Gasteiger partial charge in [-0.1, -0.05) is 18.2 Å². The molecule has 186 valence electrons. The van der Waals surface area contributed by atoms with E-state index in [-0.39, 0.29) is 17.1 Å². The molecule has 1 aliphatic heterocycles. The van der Waals surface area contributed by atoms with Crippen LogP contribution in [0, 0.1) is 12.7 Å². The highest BCUT2D eigenvalue weighted by Gasteiger charge is 2.45. The van der Waals surface area contributed by atoms with Gasteiger partial charge in [-0.05, 0) is 72.0 Å². The third kappa shape index (κ3) is 4.95. The van der Waals surface area contributed by atoms with E-state index in [0.717, 1.165) is 10.6 Å². The van der Waals surface area contributed by atoms with Gasteiger partial charge in [0.2, 0.25) is 0 Å². The fourth-order valence-corrected chi connectivity index (χ4v) is 5.20. The Hall–Kier alpha value is -2.83. The van der Waals surface area contributed by atoms with Crippen LogP contribution in [-0.4, -0.2) is 45.7 Å². The lowest BCUT2D eigenvalue weighted by molar-refractivity contribution is -0.149. The van der Waals surface area contributed by atoms with E-state index in [1.165, 1.54) is 49.2 Å². The number of hydrogen-bond acceptors (Lipinski definition) is 6. The summed E-state index contributed by atoms with van der Waals surface area (Å²) in [5.41, 5.74) is 6.20. The van der Waals surface area contributed by atoms with Crippen molar-refractivity contribution in [1.82, 2.24) is 14.3 Å². The molecule has 0 radical (unpaired) electrons. The molecule has 0 aliphatic carbocycles. The standard InChI is InChI=1S/C23H23F4N5OS2/c1-13-3-5-15(10-16(13)24)22(20-29-12-30-35-20)7-8-32(11-22)21(34)31-17-9-14(4-6-18(17)33-2)19(28)23(25,26)27/h3-6,9-10,12,19H,7-8,11,28H2,1-2H3,(H,31,34)/t19-,22?/m1/s1. The van der Waals surface area contributed by atoms with Crippen LogP contribution < -0.4 is 15.8 Å². The third-order valence-corrected chi connectivity index (χ3v) is 7.46. The molecule has 3 N–H and O–H groups in total. The van der Waals surface area contributed by atoms with Crippen molar-refractivity contribution >= 4 is 34.6 Å². The Morgan fingerprint density at radius 2 is 2.06 bits per heavy atom. The number of ether oxygens (including phenoxy) is 1. The van der Waals surface area contributed by atoms with Crippen molar-refractivity contribution in [3.63, 3.8) is 0 Å². The number of aromatic nitrogens is 2. The minimum atomic E-state index is -4.59. The summed E-state index contributed by atoms with van der Waals surface area (Å²) in [7, 11) is 1.41. The first-order chi connectivity index (χ1) is 16.5. The first-order valence-electron chi connectivity index (χ1n) is 10.6. The average molecular weight is 526 g/mol. The number of anilines is 1. The van der Waals surface area contributed by atoms with Crippen molar-refractivity contribution in [3.05, 3.63) is 70.2 Å². The smallest absolute Gasteiger partial charge is 0.407 e. The molecule has 3 aromatic rings. The summed E-state index contributed by atoms with van der Waals surface area (Å²) in [6.45, 7) is 2.61. The normalized spacial score (nSPS) is 19.0. The van der Waals surface area contributed by atoms with Crippen LogP contribution in [0.5, 0.6) is 5.75 Å². The van der Waals surface area contributed by atoms with E-state index in [4.69, 9.17) is 22.7 Å². The predicted octanol–water partition coefficient (Wildman–Crippen LogP) is 4.95. The summed E-state index contributed by atoms with van der Waals surface area (Å²) in [5, 5.41) is 4.04. The van der Waals surface area contributed by atoms with Crippen LogP contribution >= 0.6 is 23.8 Å². The number of nitrogens with two attached hydrogens (primary N) is 1. The number of alkyl halides is 3. The Morgan fingerprint density at radius 3 is 2.69 bits per heavy atom. The van der Waals surface area contributed by atoms with E-state index in [2.05, 4.69) is 14.7 Å². The van der Waals surface area contributed by atoms with Gasteiger partial charge in [0, 0.05) is 13.1 Å². The second-order valence-corrected chi connectivity index (χ2v) is 9.54. The zero-order valence-electron chi connectivity index (χ0n) is 18.9. The van der Waals surface area contributed by atoms with E-state index in [9.17, 15) is 17.6 Å². The molecule has 2 atom stereocenters. The van der Waals surface area contributed by atoms with Gasteiger partial charge < -0.3 is 20.7 Å². The SMILES string of the molecule is COc1ccc([C@@H](N)C(F)(F)F)cc1NC(=S)N1CCC(c2ccc(C)c(F)c2)(c2ncns2)C1. The molecule has 6 nitrogen and oxygen atoms in total. The van der Waals surface area contributed by atoms with Crippen molar-refractivity contribution in [2.75, 3.05) is 25.5 Å². The summed E-state index contributed by atoms with van der Waals surface area (Å²) in [6, 6.07) is 6.95. The van der Waals surface area contributed by atoms with Gasteiger partial charge in [-0.15, -0.1) is 0 Å². The summed E-state index contributed by atoms with van der Waals surface area (Å²) in [4.78, 5) is 6.29. The van der Waals surface area contributed by atoms with E-state index in [0.29, 0.717) is 35.9 Å². The summed E-state index contributed by atoms with van der Waals surface area (Å²) in [5.74, 6) is 0.00811. The highest BCUT2D eigenvalue weighted by atomic mass is 32.1. The topological polar surface area (TPSA) is 76.3 Å². The zero-order chi connectivity index (χ0) is 25.4. The number of benzene rings is 2. The lowest BCUT2D eigenvalue weighted by Crippen LogP contribution is -2.37. The van der Waals surface area contributed by atoms with Crippen molar-refractivity contribution < 1.29 is 22.3 Å². The number of halogens is 4. The quantitative estimate of drug-likeness (QED) is 0.361. The molecule has 0 spiro atoms. The van der Waals surface area contributed by atoms with Crippen molar-refractivity contribution in [2.24, 2.45) is 5.73 Å². The molecule has 0 bridgehead atoms. The van der Waals surface area contributed by atoms with Gasteiger partial charge in [-0.25, -0.2) is 9.37 Å². The molecule has 4 rings (SSSR count). The molecular weight excluding hydrogens is 502 g/mol. The largest absolute Gasteiger partial charge is 0.495 e. The molecule has 35 heavy (non-hydrogen) atoms. The molecule has 1 saturated heterocycles. The molecular formula is C23H23F4N5OS2. The van der Waals surface area contributed by atoms with Gasteiger partial charge in [0.1, 0.15) is 28.9 Å². The van der Waals surface area contributed by atoms with Crippen LogP contribution in [-0.2, 0) is 5.41 Å². The molecule has 0 amide bonds. The van der Waals surface area contributed by atoms with E-state index < -0.39 is 17.6 Å². The number of nitrogens with zero attached hydrogens (tertiary/aromatic N) is 3. The van der Waals surface area contributed by atoms with E-state index in [1.807, 2.05) is 11.0 Å². The highest BCUT2D eigenvalue weighted by Crippen LogP contribution is 2.42. The number of nitrogens with one attached hydrogen (secondary N) is 1. The maximum Gasteiger partial charge on any atom is 0.407 e. The minimum absolute atomic E-state index is 0.122. The monoisotopic (exact) mass is 525 g/mol. The van der Waals surface area contributed by atoms with Gasteiger partial charge in [0.15, 0.2) is 5.11 Å². The lowest BCUT2D eigenvalue weighted by atomic mass is 9.80. The molecule has 2 aromatic carbocycles. The fourth-order valence-electron chi connectivity index (χ4n) is 4.19. The predicted molar refractivity (Wildman–Crippen MR) is 130 cm³/mol. The van der Waals surface area contributed by atoms with Gasteiger partial charge in [-0.3, -0.25) is 0 Å². The first-order valence-corrected chi connectivity index (χ1v) is 11.8. The Kier molecular flexibility index (Phi) is 6.98. The van der Waals surface area contributed by atoms with Gasteiger partial charge >= 0.3 is 6.18 Å². The molecule has 1 unspecified atom stereocenters. The molecule has 0 saturated carbocycles. The van der Waals surface area contributed by atoms with Gasteiger partial charge in [0.25, 0.3) is 0 Å². The third-order valence-electron chi connectivity index (χ3n) is 6.23. The second kappa shape index (κ2) is 9.67. The van der Waals surface area contributed by atoms with E-state index >= 15 is 0 Å². The van der Waals surface area contributed by atoms with Crippen LogP contribution in [0.25, 0.3) is 0 Å². The van der Waals surface area contributed by atoms with E-state index in [1.54, 1.807) is 13.0 Å². The number of thiocarbonyl (C=S) groups is 1. The number of likely N-dealkylation sites (tertiary alicyclic amines) is 1. The molecule has 2 heterocycles. The summed E-state index contributed by atoms with van der Waals surface area (Å²) >= 11 is 6.85. The van der Waals surface area contributed by atoms with Crippen LogP contribution in [0.4, 0.5) is 23.2 Å². The number of methoxy groups -OCH3 is 1. The highest BCUT2D eigenvalue weighted by molar-refractivity contribution is 7.80. The number of rotatable bonds is 5. The molecule has 1 fully saturated rings. The van der Waals surface area contributed by atoms with Gasteiger partial charge in [0.05, 0.1) is 18.2 Å². The van der Waals surface area contributed by atoms with Gasteiger partial charge in [-0.2, -0.15) is 17.5 Å².